The molecule has 2 aromatic rings. The average molecular weight is 447 g/mol. The lowest BCUT2D eigenvalue weighted by molar-refractivity contribution is -0.137. The van der Waals surface area contributed by atoms with Gasteiger partial charge in [-0.2, -0.15) is 13.2 Å². The summed E-state index contributed by atoms with van der Waals surface area (Å²) < 4.78 is 37.9. The van der Waals surface area contributed by atoms with Gasteiger partial charge in [0.1, 0.15) is 5.82 Å². The van der Waals surface area contributed by atoms with E-state index in [-0.39, 0.29) is 12.3 Å². The third kappa shape index (κ3) is 5.74. The van der Waals surface area contributed by atoms with Crippen LogP contribution in [0.25, 0.3) is 0 Å². The fraction of sp³-hybridized carbons (Fsp3) is 0.368. The Kier molecular flexibility index (Phi) is 6.87. The minimum Gasteiger partial charge on any atom is -0.354 e. The smallest absolute Gasteiger partial charge is 0.354 e. The van der Waals surface area contributed by atoms with Gasteiger partial charge in [-0.3, -0.25) is 9.69 Å². The van der Waals surface area contributed by atoms with Crippen molar-refractivity contribution < 1.29 is 18.0 Å². The second kappa shape index (κ2) is 9.19. The first-order chi connectivity index (χ1) is 13.7. The molecule has 156 valence electrons. The van der Waals surface area contributed by atoms with Crippen LogP contribution in [0.3, 0.4) is 0 Å². The van der Waals surface area contributed by atoms with Crippen molar-refractivity contribution in [2.75, 3.05) is 42.9 Å². The normalized spacial score (nSPS) is 15.4. The summed E-state index contributed by atoms with van der Waals surface area (Å²) in [5.74, 6) is 0.329. The van der Waals surface area contributed by atoms with Crippen LogP contribution < -0.4 is 10.2 Å². The number of piperazine rings is 1. The van der Waals surface area contributed by atoms with E-state index in [2.05, 4.69) is 15.2 Å². The molecule has 1 aliphatic rings. The van der Waals surface area contributed by atoms with E-state index in [1.807, 2.05) is 4.90 Å². The molecule has 0 radical (unpaired) electrons. The van der Waals surface area contributed by atoms with Gasteiger partial charge in [0.25, 0.3) is 0 Å². The van der Waals surface area contributed by atoms with Crippen LogP contribution >= 0.6 is 23.2 Å². The number of rotatable bonds is 5. The highest BCUT2D eigenvalue weighted by Crippen LogP contribution is 2.30. The second-order valence-electron chi connectivity index (χ2n) is 6.63. The lowest BCUT2D eigenvalue weighted by atomic mass is 10.2. The van der Waals surface area contributed by atoms with Gasteiger partial charge in [0.05, 0.1) is 21.3 Å². The minimum absolute atomic E-state index is 0.188. The average Bonchev–Trinajstić information content (AvgIpc) is 2.69. The van der Waals surface area contributed by atoms with Crippen molar-refractivity contribution >= 4 is 40.6 Å². The summed E-state index contributed by atoms with van der Waals surface area (Å²) in [5.41, 5.74) is -0.358. The van der Waals surface area contributed by atoms with Crippen LogP contribution in [0.2, 0.25) is 10.0 Å². The summed E-state index contributed by atoms with van der Waals surface area (Å²) in [7, 11) is 0. The number of carbonyl (C=O) groups excluding carboxylic acids is 1. The summed E-state index contributed by atoms with van der Waals surface area (Å²) in [5, 5.41) is 3.48. The van der Waals surface area contributed by atoms with E-state index in [4.69, 9.17) is 23.2 Å². The van der Waals surface area contributed by atoms with Gasteiger partial charge in [0, 0.05) is 45.3 Å². The van der Waals surface area contributed by atoms with Gasteiger partial charge in [-0.1, -0.05) is 29.3 Å². The molecular formula is C19H19Cl2F3N4O. The van der Waals surface area contributed by atoms with Gasteiger partial charge < -0.3 is 10.2 Å². The van der Waals surface area contributed by atoms with E-state index in [1.54, 1.807) is 18.2 Å². The van der Waals surface area contributed by atoms with Crippen molar-refractivity contribution in [2.24, 2.45) is 0 Å². The number of amides is 1. The predicted octanol–water partition coefficient (Wildman–Crippen LogP) is 4.56. The molecule has 1 fully saturated rings. The van der Waals surface area contributed by atoms with E-state index in [0.29, 0.717) is 54.3 Å². The minimum atomic E-state index is -4.39. The monoisotopic (exact) mass is 446 g/mol. The topological polar surface area (TPSA) is 48.5 Å². The number of alkyl halides is 3. The zero-order valence-corrected chi connectivity index (χ0v) is 16.9. The fourth-order valence-corrected chi connectivity index (χ4v) is 3.51. The number of pyridine rings is 1. The van der Waals surface area contributed by atoms with Gasteiger partial charge in [0.2, 0.25) is 5.91 Å². The Morgan fingerprint density at radius 1 is 1.07 bits per heavy atom. The van der Waals surface area contributed by atoms with Gasteiger partial charge in [-0.05, 0) is 24.3 Å². The Hall–Kier alpha value is -2.03. The van der Waals surface area contributed by atoms with Crippen LogP contribution in [0.15, 0.2) is 36.5 Å². The van der Waals surface area contributed by atoms with Crippen LogP contribution in [-0.4, -0.2) is 48.5 Å². The molecule has 3 rings (SSSR count). The number of hydrogen-bond donors (Lipinski definition) is 1. The van der Waals surface area contributed by atoms with Gasteiger partial charge in [-0.15, -0.1) is 0 Å². The molecule has 29 heavy (non-hydrogen) atoms. The molecular weight excluding hydrogens is 428 g/mol. The molecule has 1 saturated heterocycles. The van der Waals surface area contributed by atoms with E-state index >= 15 is 0 Å². The van der Waals surface area contributed by atoms with Crippen LogP contribution in [0.5, 0.6) is 0 Å². The molecule has 0 bridgehead atoms. The van der Waals surface area contributed by atoms with Crippen LogP contribution in [0, 0.1) is 0 Å². The number of anilines is 2. The molecule has 0 atom stereocenters. The Morgan fingerprint density at radius 2 is 1.72 bits per heavy atom. The van der Waals surface area contributed by atoms with Crippen LogP contribution in [0.4, 0.5) is 24.7 Å². The number of nitrogens with one attached hydrogen (secondary N) is 1. The van der Waals surface area contributed by atoms with Crippen LogP contribution in [-0.2, 0) is 11.0 Å². The maximum absolute atomic E-state index is 12.6. The number of carbonyl (C=O) groups is 1. The molecule has 2 heterocycles. The van der Waals surface area contributed by atoms with E-state index < -0.39 is 11.7 Å². The molecule has 0 saturated carbocycles. The van der Waals surface area contributed by atoms with Gasteiger partial charge in [0.15, 0.2) is 0 Å². The first kappa shape index (κ1) is 21.7. The lowest BCUT2D eigenvalue weighted by Crippen LogP contribution is -2.47. The summed E-state index contributed by atoms with van der Waals surface area (Å²) in [4.78, 5) is 20.2. The quantitative estimate of drug-likeness (QED) is 0.731. The number of para-hydroxylation sites is 1. The highest BCUT2D eigenvalue weighted by molar-refractivity contribution is 6.39. The molecule has 1 N–H and O–H groups in total. The Bertz CT molecular complexity index is 833. The van der Waals surface area contributed by atoms with Crippen molar-refractivity contribution in [3.63, 3.8) is 0 Å². The molecule has 0 aliphatic carbocycles. The summed E-state index contributed by atoms with van der Waals surface area (Å²) in [6.07, 6.45) is -3.26. The van der Waals surface area contributed by atoms with E-state index in [9.17, 15) is 18.0 Å². The molecule has 5 nitrogen and oxygen atoms in total. The number of halogens is 5. The Labute approximate surface area is 176 Å². The third-order valence-corrected chi connectivity index (χ3v) is 5.28. The Balaban J connectivity index is 1.46. The molecule has 1 aliphatic heterocycles. The SMILES string of the molecule is O=C(CCN1CCN(c2ccc(C(F)(F)F)cn2)CC1)Nc1c(Cl)cccc1Cl. The van der Waals surface area contributed by atoms with Crippen molar-refractivity contribution in [3.8, 4) is 0 Å². The van der Waals surface area contributed by atoms with Gasteiger partial charge >= 0.3 is 6.18 Å². The first-order valence-electron chi connectivity index (χ1n) is 8.98. The fourth-order valence-electron chi connectivity index (χ4n) is 3.02. The Morgan fingerprint density at radius 3 is 2.28 bits per heavy atom. The number of hydrogen-bond acceptors (Lipinski definition) is 4. The highest BCUT2D eigenvalue weighted by atomic mass is 35.5. The standard InChI is InChI=1S/C19H19Cl2F3N4O/c20-14-2-1-3-15(21)18(14)26-17(29)6-7-27-8-10-28(11-9-27)16-5-4-13(12-25-16)19(22,23)24/h1-5,12H,6-11H2,(H,26,29). The van der Waals surface area contributed by atoms with Crippen molar-refractivity contribution in [2.45, 2.75) is 12.6 Å². The van der Waals surface area contributed by atoms with E-state index in [1.165, 1.54) is 6.07 Å². The predicted molar refractivity (Wildman–Crippen MR) is 108 cm³/mol. The van der Waals surface area contributed by atoms with Gasteiger partial charge in [-0.25, -0.2) is 4.98 Å². The molecule has 0 spiro atoms. The first-order valence-corrected chi connectivity index (χ1v) is 9.74. The van der Waals surface area contributed by atoms with Crippen molar-refractivity contribution in [3.05, 3.63) is 52.1 Å². The maximum Gasteiger partial charge on any atom is 0.417 e. The van der Waals surface area contributed by atoms with E-state index in [0.717, 1.165) is 12.3 Å². The maximum atomic E-state index is 12.6. The second-order valence-corrected chi connectivity index (χ2v) is 7.44. The zero-order valence-electron chi connectivity index (χ0n) is 15.3. The molecule has 1 aromatic heterocycles. The highest BCUT2D eigenvalue weighted by Gasteiger charge is 2.31. The largest absolute Gasteiger partial charge is 0.417 e. The van der Waals surface area contributed by atoms with Crippen molar-refractivity contribution in [1.82, 2.24) is 9.88 Å². The molecule has 1 aromatic carbocycles. The number of benzene rings is 1. The number of aromatic nitrogens is 1. The number of nitrogens with zero attached hydrogens (tertiary/aromatic N) is 3. The summed E-state index contributed by atoms with van der Waals surface area (Å²) in [6.45, 7) is 3.17. The third-order valence-electron chi connectivity index (χ3n) is 4.65. The lowest BCUT2D eigenvalue weighted by Gasteiger charge is -2.35. The van der Waals surface area contributed by atoms with Crippen molar-refractivity contribution in [1.29, 1.82) is 0 Å². The zero-order chi connectivity index (χ0) is 21.0. The summed E-state index contributed by atoms with van der Waals surface area (Å²) in [6, 6.07) is 7.43. The molecule has 0 unspecified atom stereocenters. The molecule has 10 heteroatoms. The van der Waals surface area contributed by atoms with Crippen LogP contribution in [0.1, 0.15) is 12.0 Å². The summed E-state index contributed by atoms with van der Waals surface area (Å²) >= 11 is 12.1. The molecule has 1 amide bonds.